The molecule has 3 aliphatic rings. The maximum Gasteiger partial charge on any atom is 0.0199 e. The molecule has 1 atom stereocenters. The molecule has 1 fully saturated rings. The zero-order valence-corrected chi connectivity index (χ0v) is 18.7. The fraction of sp³-hybridized carbons (Fsp3) is 0.429. The van der Waals surface area contributed by atoms with E-state index in [4.69, 9.17) is 0 Å². The van der Waals surface area contributed by atoms with Crippen molar-refractivity contribution in [2.24, 2.45) is 11.8 Å². The quantitative estimate of drug-likeness (QED) is 0.572. The Morgan fingerprint density at radius 1 is 1.23 bits per heavy atom. The molecule has 2 heteroatoms. The van der Waals surface area contributed by atoms with Crippen LogP contribution in [0, 0.1) is 11.8 Å². The lowest BCUT2D eigenvalue weighted by Gasteiger charge is -2.32. The lowest BCUT2D eigenvalue weighted by molar-refractivity contribution is 0.196. The summed E-state index contributed by atoms with van der Waals surface area (Å²) in [6, 6.07) is 8.81. The molecule has 1 heterocycles. The molecule has 0 spiro atoms. The number of hydrogen-bond acceptors (Lipinski definition) is 2. The zero-order chi connectivity index (χ0) is 20.9. The molecular formula is C28H36N2. The summed E-state index contributed by atoms with van der Waals surface area (Å²) in [7, 11) is 0. The summed E-state index contributed by atoms with van der Waals surface area (Å²) in [4.78, 5) is 2.64. The molecule has 1 saturated heterocycles. The average molecular weight is 401 g/mol. The van der Waals surface area contributed by atoms with E-state index in [9.17, 15) is 0 Å². The van der Waals surface area contributed by atoms with Crippen LogP contribution in [-0.2, 0) is 6.42 Å². The maximum absolute atomic E-state index is 4.31. The van der Waals surface area contributed by atoms with Crippen LogP contribution in [0.4, 0.5) is 0 Å². The Balaban J connectivity index is 1.19. The smallest absolute Gasteiger partial charge is 0.0199 e. The number of piperidine rings is 1. The van der Waals surface area contributed by atoms with Crippen molar-refractivity contribution in [2.75, 3.05) is 26.2 Å². The summed E-state index contributed by atoms with van der Waals surface area (Å²) >= 11 is 0. The molecule has 2 nitrogen and oxygen atoms in total. The molecular weight excluding hydrogens is 364 g/mol. The molecule has 0 radical (unpaired) electrons. The van der Waals surface area contributed by atoms with Gasteiger partial charge in [0, 0.05) is 18.8 Å². The Morgan fingerprint density at radius 2 is 2.03 bits per heavy atom. The lowest BCUT2D eigenvalue weighted by Crippen LogP contribution is -2.38. The highest BCUT2D eigenvalue weighted by atomic mass is 15.1. The van der Waals surface area contributed by atoms with Crippen LogP contribution in [0.3, 0.4) is 0 Å². The predicted molar refractivity (Wildman–Crippen MR) is 129 cm³/mol. The highest BCUT2D eigenvalue weighted by Gasteiger charge is 2.21. The molecule has 1 aromatic rings. The monoisotopic (exact) mass is 400 g/mol. The summed E-state index contributed by atoms with van der Waals surface area (Å²) in [6.07, 6.45) is 16.1. The first-order valence-corrected chi connectivity index (χ1v) is 11.6. The molecule has 1 unspecified atom stereocenters. The van der Waals surface area contributed by atoms with Crippen molar-refractivity contribution in [3.8, 4) is 0 Å². The van der Waals surface area contributed by atoms with Gasteiger partial charge >= 0.3 is 0 Å². The molecule has 1 aliphatic heterocycles. The highest BCUT2D eigenvalue weighted by Crippen LogP contribution is 2.28. The van der Waals surface area contributed by atoms with Gasteiger partial charge in [0.05, 0.1) is 0 Å². The summed E-state index contributed by atoms with van der Waals surface area (Å²) in [5, 5.41) is 3.66. The van der Waals surface area contributed by atoms with Crippen molar-refractivity contribution in [2.45, 2.75) is 39.5 Å². The lowest BCUT2D eigenvalue weighted by atomic mass is 9.88. The molecule has 0 bridgehead atoms. The van der Waals surface area contributed by atoms with Gasteiger partial charge in [-0.3, -0.25) is 4.90 Å². The van der Waals surface area contributed by atoms with Gasteiger partial charge in [-0.1, -0.05) is 67.6 Å². The van der Waals surface area contributed by atoms with Crippen LogP contribution in [0.25, 0.3) is 6.08 Å². The number of nitrogens with zero attached hydrogens (tertiary/aromatic N) is 1. The Kier molecular flexibility index (Phi) is 6.74. The van der Waals surface area contributed by atoms with Gasteiger partial charge in [0.15, 0.2) is 0 Å². The first-order chi connectivity index (χ1) is 14.6. The number of benzene rings is 1. The van der Waals surface area contributed by atoms with Crippen LogP contribution in [0.2, 0.25) is 0 Å². The minimum Gasteiger partial charge on any atom is -0.388 e. The van der Waals surface area contributed by atoms with Crippen molar-refractivity contribution in [1.29, 1.82) is 0 Å². The summed E-state index contributed by atoms with van der Waals surface area (Å²) in [6.45, 7) is 13.4. The second-order valence-electron chi connectivity index (χ2n) is 9.32. The molecule has 30 heavy (non-hydrogen) atoms. The Labute approximate surface area is 182 Å². The average Bonchev–Trinajstić information content (AvgIpc) is 3.16. The van der Waals surface area contributed by atoms with Crippen molar-refractivity contribution in [3.05, 3.63) is 88.7 Å². The SMILES string of the molecule is C=C(/C=C(\C)NCC1CCN(CC2=Cc3ccccc3C2)CC1)C1=CC=CCC1C. The number of hydrogen-bond donors (Lipinski definition) is 1. The Bertz CT molecular complexity index is 891. The van der Waals surface area contributed by atoms with Crippen molar-refractivity contribution in [1.82, 2.24) is 10.2 Å². The van der Waals surface area contributed by atoms with Gasteiger partial charge in [0.25, 0.3) is 0 Å². The van der Waals surface area contributed by atoms with Crippen LogP contribution in [0.15, 0.2) is 77.6 Å². The van der Waals surface area contributed by atoms with Crippen LogP contribution in [-0.4, -0.2) is 31.1 Å². The predicted octanol–water partition coefficient (Wildman–Crippen LogP) is 5.91. The minimum atomic E-state index is 0.568. The number of likely N-dealkylation sites (tertiary alicyclic amines) is 1. The van der Waals surface area contributed by atoms with E-state index in [1.807, 2.05) is 0 Å². The number of nitrogens with one attached hydrogen (secondary N) is 1. The van der Waals surface area contributed by atoms with Crippen LogP contribution < -0.4 is 5.32 Å². The summed E-state index contributed by atoms with van der Waals surface area (Å²) in [5.41, 5.74) is 8.24. The van der Waals surface area contributed by atoms with Gasteiger partial charge in [-0.05, 0) is 85.9 Å². The second-order valence-corrected chi connectivity index (χ2v) is 9.32. The van der Waals surface area contributed by atoms with Gasteiger partial charge in [0.1, 0.15) is 0 Å². The largest absolute Gasteiger partial charge is 0.388 e. The highest BCUT2D eigenvalue weighted by molar-refractivity contribution is 5.63. The van der Waals surface area contributed by atoms with E-state index in [0.29, 0.717) is 5.92 Å². The zero-order valence-electron chi connectivity index (χ0n) is 18.7. The van der Waals surface area contributed by atoms with E-state index in [1.54, 1.807) is 5.57 Å². The third-order valence-corrected chi connectivity index (χ3v) is 6.83. The fourth-order valence-corrected chi connectivity index (χ4v) is 4.96. The van der Waals surface area contributed by atoms with Crippen molar-refractivity contribution >= 4 is 6.08 Å². The van der Waals surface area contributed by atoms with E-state index in [1.165, 1.54) is 48.3 Å². The van der Waals surface area contributed by atoms with Gasteiger partial charge in [-0.25, -0.2) is 0 Å². The van der Waals surface area contributed by atoms with E-state index < -0.39 is 0 Å². The Morgan fingerprint density at radius 3 is 2.80 bits per heavy atom. The van der Waals surface area contributed by atoms with E-state index in [-0.39, 0.29) is 0 Å². The van der Waals surface area contributed by atoms with Gasteiger partial charge in [0.2, 0.25) is 0 Å². The van der Waals surface area contributed by atoms with Crippen LogP contribution in [0.5, 0.6) is 0 Å². The number of rotatable bonds is 7. The van der Waals surface area contributed by atoms with E-state index in [0.717, 1.165) is 37.4 Å². The molecule has 0 aromatic heterocycles. The number of allylic oxidation sites excluding steroid dienone is 7. The van der Waals surface area contributed by atoms with Crippen LogP contribution >= 0.6 is 0 Å². The first-order valence-electron chi connectivity index (χ1n) is 11.6. The van der Waals surface area contributed by atoms with Crippen molar-refractivity contribution < 1.29 is 0 Å². The first kappa shape index (κ1) is 20.9. The molecule has 2 aliphatic carbocycles. The van der Waals surface area contributed by atoms with Crippen molar-refractivity contribution in [3.63, 3.8) is 0 Å². The normalized spacial score (nSPS) is 22.5. The Hall–Kier alpha value is -2.32. The third-order valence-electron chi connectivity index (χ3n) is 6.83. The maximum atomic E-state index is 4.31. The van der Waals surface area contributed by atoms with Gasteiger partial charge in [-0.15, -0.1) is 0 Å². The summed E-state index contributed by atoms with van der Waals surface area (Å²) in [5.74, 6) is 1.34. The standard InChI is InChI=1S/C28H36N2/c1-21-8-4-7-11-28(21)22(2)16-23(3)29-19-24-12-14-30(15-13-24)20-25-17-26-9-5-6-10-27(26)18-25/h4-7,9-11,16-17,21,24,29H,2,8,12-15,18-20H2,1,3H3/b23-16+. The van der Waals surface area contributed by atoms with Gasteiger partial charge in [-0.2, -0.15) is 0 Å². The van der Waals surface area contributed by atoms with E-state index >= 15 is 0 Å². The number of fused-ring (bicyclic) bond motifs is 1. The molecule has 0 saturated carbocycles. The topological polar surface area (TPSA) is 15.3 Å². The van der Waals surface area contributed by atoms with E-state index in [2.05, 4.69) is 85.3 Å². The molecule has 1 aromatic carbocycles. The van der Waals surface area contributed by atoms with Crippen LogP contribution in [0.1, 0.15) is 44.2 Å². The molecule has 1 N–H and O–H groups in total. The second kappa shape index (κ2) is 9.66. The fourth-order valence-electron chi connectivity index (χ4n) is 4.96. The molecule has 158 valence electrons. The minimum absolute atomic E-state index is 0.568. The molecule has 4 rings (SSSR count). The van der Waals surface area contributed by atoms with Gasteiger partial charge < -0.3 is 5.32 Å². The molecule has 0 amide bonds. The third kappa shape index (κ3) is 5.23. The summed E-state index contributed by atoms with van der Waals surface area (Å²) < 4.78 is 0.